The average Bonchev–Trinajstić information content (AvgIpc) is 2.94. The second-order valence-electron chi connectivity index (χ2n) is 6.41. The topological polar surface area (TPSA) is 119 Å². The maximum absolute atomic E-state index is 12.2. The van der Waals surface area contributed by atoms with Crippen LogP contribution in [0, 0.1) is 5.92 Å². The second-order valence-corrected chi connectivity index (χ2v) is 6.41. The second kappa shape index (κ2) is 8.43. The smallest absolute Gasteiger partial charge is 0.543 e. The molecule has 0 saturated carbocycles. The standard InChI is InChI=1S/C18H20N2O6.Na/c1-9(21)14-13-7-12(15(17(23)24)20(13)16(14)22)11-5-3-4-10(6-11)8-19-18(25)26-2;/h3-6,9,13-14,21H,7-8H2,1-2H3,(H,19,25)(H,23,24);/q;+1/p-1/t9-,13-,14-;/m1./s1. The Kier molecular flexibility index (Phi) is 6.69. The number of carbonyl (C=O) groups is 3. The number of ether oxygens (including phenoxy) is 1. The van der Waals surface area contributed by atoms with Crippen molar-refractivity contribution in [2.24, 2.45) is 5.92 Å². The van der Waals surface area contributed by atoms with Gasteiger partial charge < -0.3 is 30.0 Å². The Hall–Kier alpha value is -1.87. The zero-order valence-electron chi connectivity index (χ0n) is 15.4. The van der Waals surface area contributed by atoms with Crippen LogP contribution in [-0.2, 0) is 20.9 Å². The molecule has 3 atom stereocenters. The van der Waals surface area contributed by atoms with E-state index >= 15 is 0 Å². The predicted octanol–water partition coefficient (Wildman–Crippen LogP) is -3.38. The Balaban J connectivity index is 0.00000261. The Morgan fingerprint density at radius 2 is 2.15 bits per heavy atom. The van der Waals surface area contributed by atoms with E-state index < -0.39 is 30.0 Å². The van der Waals surface area contributed by atoms with Gasteiger partial charge in [0.05, 0.1) is 36.8 Å². The fraction of sp³-hybridized carbons (Fsp3) is 0.389. The van der Waals surface area contributed by atoms with E-state index in [1.807, 2.05) is 0 Å². The van der Waals surface area contributed by atoms with Crippen LogP contribution in [0.3, 0.4) is 0 Å². The molecule has 1 saturated heterocycles. The van der Waals surface area contributed by atoms with Gasteiger partial charge in [-0.15, -0.1) is 0 Å². The molecule has 0 aliphatic carbocycles. The van der Waals surface area contributed by atoms with Gasteiger partial charge in [0.25, 0.3) is 0 Å². The minimum atomic E-state index is -1.42. The number of hydrogen-bond acceptors (Lipinski definition) is 6. The molecule has 0 bridgehead atoms. The summed E-state index contributed by atoms with van der Waals surface area (Å²) in [5, 5.41) is 24.0. The van der Waals surface area contributed by atoms with Crippen molar-refractivity contribution in [3.05, 3.63) is 41.1 Å². The molecule has 138 valence electrons. The van der Waals surface area contributed by atoms with Gasteiger partial charge in [-0.2, -0.15) is 0 Å². The number of alkyl carbamates (subject to hydrolysis) is 1. The van der Waals surface area contributed by atoms with Crippen LogP contribution in [0.5, 0.6) is 0 Å². The van der Waals surface area contributed by atoms with E-state index in [2.05, 4.69) is 10.1 Å². The molecule has 27 heavy (non-hydrogen) atoms. The van der Waals surface area contributed by atoms with Crippen LogP contribution in [0.2, 0.25) is 0 Å². The summed E-state index contributed by atoms with van der Waals surface area (Å²) in [6.45, 7) is 1.74. The van der Waals surface area contributed by atoms with Crippen molar-refractivity contribution in [1.29, 1.82) is 0 Å². The number of methoxy groups -OCH3 is 1. The molecular weight excluding hydrogens is 363 g/mol. The van der Waals surface area contributed by atoms with Gasteiger partial charge in [-0.25, -0.2) is 4.79 Å². The average molecular weight is 382 g/mol. The third-order valence-corrected chi connectivity index (χ3v) is 4.82. The van der Waals surface area contributed by atoms with E-state index in [1.54, 1.807) is 24.3 Å². The van der Waals surface area contributed by atoms with Crippen molar-refractivity contribution in [2.45, 2.75) is 32.0 Å². The number of carboxylic acid groups (broad SMARTS) is 1. The van der Waals surface area contributed by atoms with Crippen LogP contribution < -0.4 is 40.0 Å². The molecular formula is C18H19N2NaO6. The zero-order valence-corrected chi connectivity index (χ0v) is 17.4. The molecule has 0 unspecified atom stereocenters. The zero-order chi connectivity index (χ0) is 19.0. The molecule has 3 rings (SSSR count). The number of benzene rings is 1. The number of fused-ring (bicyclic) bond motifs is 1. The van der Waals surface area contributed by atoms with Crippen molar-refractivity contribution < 1.29 is 58.9 Å². The minimum Gasteiger partial charge on any atom is -0.543 e. The third kappa shape index (κ3) is 3.89. The van der Waals surface area contributed by atoms with Gasteiger partial charge in [-0.1, -0.05) is 18.2 Å². The number of amides is 2. The first kappa shape index (κ1) is 21.4. The van der Waals surface area contributed by atoms with E-state index in [-0.39, 0.29) is 47.8 Å². The molecule has 8 nitrogen and oxygen atoms in total. The maximum Gasteiger partial charge on any atom is 1.00 e. The number of rotatable bonds is 5. The van der Waals surface area contributed by atoms with E-state index in [0.29, 0.717) is 17.6 Å². The summed E-state index contributed by atoms with van der Waals surface area (Å²) in [5.74, 6) is -2.42. The fourth-order valence-electron chi connectivity index (χ4n) is 3.63. The number of carboxylic acids is 1. The van der Waals surface area contributed by atoms with Gasteiger partial charge in [0.15, 0.2) is 0 Å². The van der Waals surface area contributed by atoms with Crippen molar-refractivity contribution in [1.82, 2.24) is 10.2 Å². The molecule has 2 amide bonds. The van der Waals surface area contributed by atoms with Crippen molar-refractivity contribution in [3.8, 4) is 0 Å². The summed E-state index contributed by atoms with van der Waals surface area (Å²) < 4.78 is 4.52. The molecule has 0 radical (unpaired) electrons. The van der Waals surface area contributed by atoms with Crippen molar-refractivity contribution in [2.75, 3.05) is 7.11 Å². The molecule has 0 spiro atoms. The van der Waals surface area contributed by atoms with Gasteiger partial charge >= 0.3 is 35.7 Å². The van der Waals surface area contributed by atoms with Gasteiger partial charge in [0.2, 0.25) is 5.91 Å². The van der Waals surface area contributed by atoms with Crippen LogP contribution in [0.15, 0.2) is 30.0 Å². The normalized spacial score (nSPS) is 21.7. The maximum atomic E-state index is 12.2. The number of aliphatic hydroxyl groups excluding tert-OH is 1. The molecule has 1 fully saturated rings. The fourth-order valence-corrected chi connectivity index (χ4v) is 3.63. The SMILES string of the molecule is COC(=O)NCc1cccc(C2=C(C(=O)[O-])N3C(=O)[C@H]([C@@H](C)O)[C@H]3C2)c1.[Na+]. The summed E-state index contributed by atoms with van der Waals surface area (Å²) in [4.78, 5) is 36.3. The van der Waals surface area contributed by atoms with Crippen LogP contribution in [0.25, 0.3) is 5.57 Å². The Bertz CT molecular complexity index is 807. The van der Waals surface area contributed by atoms with Crippen LogP contribution in [0.4, 0.5) is 4.79 Å². The van der Waals surface area contributed by atoms with Crippen LogP contribution >= 0.6 is 0 Å². The molecule has 2 N–H and O–H groups in total. The molecule has 1 aromatic carbocycles. The van der Waals surface area contributed by atoms with Gasteiger partial charge in [-0.3, -0.25) is 4.79 Å². The van der Waals surface area contributed by atoms with Gasteiger partial charge in [0, 0.05) is 6.54 Å². The van der Waals surface area contributed by atoms with E-state index in [9.17, 15) is 24.6 Å². The number of nitrogens with one attached hydrogen (secondary N) is 1. The predicted molar refractivity (Wildman–Crippen MR) is 88.0 cm³/mol. The molecule has 9 heteroatoms. The van der Waals surface area contributed by atoms with E-state index in [0.717, 1.165) is 5.56 Å². The minimum absolute atomic E-state index is 0. The summed E-state index contributed by atoms with van der Waals surface area (Å²) in [6.07, 6.45) is -1.08. The van der Waals surface area contributed by atoms with Crippen molar-refractivity contribution in [3.63, 3.8) is 0 Å². The largest absolute Gasteiger partial charge is 1.00 e. The van der Waals surface area contributed by atoms with E-state index in [1.165, 1.54) is 18.9 Å². The van der Waals surface area contributed by atoms with Gasteiger partial charge in [0.1, 0.15) is 0 Å². The number of carbonyl (C=O) groups excluding carboxylic acids is 3. The monoisotopic (exact) mass is 382 g/mol. The number of nitrogens with zero attached hydrogens (tertiary/aromatic N) is 1. The van der Waals surface area contributed by atoms with Gasteiger partial charge in [-0.05, 0) is 36.1 Å². The first-order valence-corrected chi connectivity index (χ1v) is 8.22. The van der Waals surface area contributed by atoms with Crippen LogP contribution in [-0.4, -0.2) is 47.2 Å². The summed E-state index contributed by atoms with van der Waals surface area (Å²) in [5.41, 5.74) is 1.74. The molecule has 2 aliphatic rings. The molecule has 0 aromatic heterocycles. The van der Waals surface area contributed by atoms with Crippen LogP contribution in [0.1, 0.15) is 24.5 Å². The summed E-state index contributed by atoms with van der Waals surface area (Å²) in [7, 11) is 1.26. The Morgan fingerprint density at radius 3 is 2.74 bits per heavy atom. The first-order valence-electron chi connectivity index (χ1n) is 8.22. The number of β-lactam (4-membered cyclic amide) rings is 1. The third-order valence-electron chi connectivity index (χ3n) is 4.82. The quantitative estimate of drug-likeness (QED) is 0.405. The van der Waals surface area contributed by atoms with E-state index in [4.69, 9.17) is 0 Å². The molecule has 1 aromatic rings. The molecule has 2 heterocycles. The number of aliphatic carboxylic acids is 1. The first-order chi connectivity index (χ1) is 12.3. The Labute approximate surface area is 178 Å². The number of hydrogen-bond donors (Lipinski definition) is 2. The number of aliphatic hydroxyl groups is 1. The van der Waals surface area contributed by atoms with Crippen molar-refractivity contribution >= 4 is 23.5 Å². The Morgan fingerprint density at radius 1 is 1.44 bits per heavy atom. The molecule has 2 aliphatic heterocycles. The summed E-state index contributed by atoms with van der Waals surface area (Å²) in [6, 6.07) is 6.65. The summed E-state index contributed by atoms with van der Waals surface area (Å²) >= 11 is 0.